The minimum absolute atomic E-state index is 0. The molecule has 8 rings (SSSR count). The molecule has 0 bridgehead atoms. The molecule has 0 fully saturated rings. The van der Waals surface area contributed by atoms with Crippen LogP contribution in [0.5, 0.6) is 0 Å². The molecule has 54 heavy (non-hydrogen) atoms. The molecule has 0 heterocycles. The van der Waals surface area contributed by atoms with Gasteiger partial charge in [0.15, 0.2) is 0 Å². The fourth-order valence-corrected chi connectivity index (χ4v) is 5.83. The fourth-order valence-electron chi connectivity index (χ4n) is 5.83. The summed E-state index contributed by atoms with van der Waals surface area (Å²) in [6.07, 6.45) is 1.03. The number of benzene rings is 6. The fraction of sp³-hybridized carbons (Fsp3) is 0.176. The van der Waals surface area contributed by atoms with Crippen molar-refractivity contribution in [3.05, 3.63) is 210 Å². The van der Waals surface area contributed by atoms with Gasteiger partial charge in [0.05, 0.1) is 0 Å². The molecule has 7 aromatic rings. The maximum Gasteiger partial charge on any atom is -0.0184 e. The van der Waals surface area contributed by atoms with Crippen molar-refractivity contribution in [2.75, 3.05) is 0 Å². The van der Waals surface area contributed by atoms with Crippen LogP contribution in [0.3, 0.4) is 0 Å². The number of rotatable bonds is 2. The number of fused-ring (bicyclic) bond motifs is 3. The monoisotopic (exact) mass is 824 g/mol. The van der Waals surface area contributed by atoms with Crippen molar-refractivity contribution >= 4 is 4.21 Å². The number of hydrogen-bond donors (Lipinski definition) is 0. The van der Waals surface area contributed by atoms with Crippen LogP contribution in [0.4, 0.5) is 0 Å². The summed E-state index contributed by atoms with van der Waals surface area (Å²) in [6, 6.07) is 66.6. The van der Waals surface area contributed by atoms with Gasteiger partial charge in [0, 0.05) is 0 Å². The van der Waals surface area contributed by atoms with E-state index in [0.717, 1.165) is 6.42 Å². The Balaban J connectivity index is 0.000000264. The zero-order valence-corrected chi connectivity index (χ0v) is 36.5. The molecule has 0 unspecified atom stereocenters. The van der Waals surface area contributed by atoms with Crippen LogP contribution < -0.4 is 24.8 Å². The summed E-state index contributed by atoms with van der Waals surface area (Å²) < 4.78 is 3.34. The third kappa shape index (κ3) is 14.0. The molecule has 0 aromatic heterocycles. The average molecular weight is 827 g/mol. The molecule has 0 aliphatic heterocycles. The van der Waals surface area contributed by atoms with Crippen molar-refractivity contribution in [3.63, 3.8) is 0 Å². The molecule has 1 aliphatic rings. The quantitative estimate of drug-likeness (QED) is 0.157. The van der Waals surface area contributed by atoms with Gasteiger partial charge in [0.2, 0.25) is 0 Å². The predicted molar refractivity (Wildman–Crippen MR) is 224 cm³/mol. The molecule has 0 N–H and O–H groups in total. The van der Waals surface area contributed by atoms with Crippen molar-refractivity contribution in [2.24, 2.45) is 0 Å². The first-order chi connectivity index (χ1) is 25.1. The van der Waals surface area contributed by atoms with Crippen LogP contribution in [0, 0.1) is 6.07 Å². The second kappa shape index (κ2) is 23.0. The molecular weight excluding hydrogens is 775 g/mol. The van der Waals surface area contributed by atoms with Gasteiger partial charge in [0.25, 0.3) is 0 Å². The van der Waals surface area contributed by atoms with Crippen molar-refractivity contribution in [2.45, 2.75) is 58.8 Å². The smallest absolute Gasteiger partial charge is 0.0184 e. The predicted octanol–water partition coefficient (Wildman–Crippen LogP) is 7.74. The first-order valence-corrected chi connectivity index (χ1v) is 19.8. The Morgan fingerprint density at radius 1 is 0.481 bits per heavy atom. The molecule has 0 amide bonds. The van der Waals surface area contributed by atoms with Crippen molar-refractivity contribution in [3.8, 4) is 33.4 Å². The van der Waals surface area contributed by atoms with Crippen molar-refractivity contribution in [1.82, 2.24) is 0 Å². The molecule has 1 aliphatic carbocycles. The van der Waals surface area contributed by atoms with Gasteiger partial charge >= 0.3 is 28.4 Å². The van der Waals surface area contributed by atoms with Gasteiger partial charge < -0.3 is 24.8 Å². The Labute approximate surface area is 353 Å². The Morgan fingerprint density at radius 3 is 1.19 bits per heavy atom. The summed E-state index contributed by atoms with van der Waals surface area (Å²) in [5.41, 5.74) is 13.9. The molecule has 7 aromatic carbocycles. The van der Waals surface area contributed by atoms with Crippen LogP contribution >= 0.6 is 0 Å². The first-order valence-electron chi connectivity index (χ1n) is 18.0. The van der Waals surface area contributed by atoms with Gasteiger partial charge in [-0.1, -0.05) is 198 Å². The molecule has 0 nitrogen and oxygen atoms in total. The van der Waals surface area contributed by atoms with E-state index in [0.29, 0.717) is 0 Å². The maximum atomic E-state index is 3.53. The first kappa shape index (κ1) is 46.2. The molecule has 276 valence electrons. The van der Waals surface area contributed by atoms with E-state index in [9.17, 15) is 0 Å². The Kier molecular flexibility index (Phi) is 19.7. The summed E-state index contributed by atoms with van der Waals surface area (Å²) in [7, 11) is 0. The van der Waals surface area contributed by atoms with Gasteiger partial charge in [-0.15, -0.1) is 5.56 Å². The van der Waals surface area contributed by atoms with Crippen molar-refractivity contribution in [1.29, 1.82) is 0 Å². The molecule has 0 saturated heterocycles. The summed E-state index contributed by atoms with van der Waals surface area (Å²) in [4.78, 5) is 0. The standard InChI is InChI=1S/C21H25.2C12H10.C5H5.CH2.2ClH.Zr/c1-20(2,3)16-9-7-14-11-15-8-10-17(21(4,5)6)13-19(15)18(14)12-16;2*1-3-7-11(8-4-1)12-9-5-2-6-10-12;1-2-4-5-3-1;;;;/h7,9-10,12-13H,11H2,1-6H3;2*1-10H;1-5H;1H2;2*1H;/q-1;;;-1;;;;+2/p-2. The molecule has 0 atom stereocenters. The van der Waals surface area contributed by atoms with E-state index in [1.807, 2.05) is 54.6 Å². The van der Waals surface area contributed by atoms with Gasteiger partial charge in [0.1, 0.15) is 0 Å². The maximum absolute atomic E-state index is 3.53. The Morgan fingerprint density at radius 2 is 0.852 bits per heavy atom. The minimum Gasteiger partial charge on any atom is -1.00 e. The van der Waals surface area contributed by atoms with Gasteiger partial charge in [-0.25, -0.2) is 12.1 Å². The van der Waals surface area contributed by atoms with Gasteiger partial charge in [-0.2, -0.15) is 47.5 Å². The van der Waals surface area contributed by atoms with E-state index in [4.69, 9.17) is 0 Å². The number of halogens is 2. The van der Waals surface area contributed by atoms with E-state index in [2.05, 4.69) is 179 Å². The van der Waals surface area contributed by atoms with E-state index in [1.54, 1.807) is 0 Å². The van der Waals surface area contributed by atoms with Gasteiger partial charge in [-0.3, -0.25) is 0 Å². The van der Waals surface area contributed by atoms with Crippen LogP contribution in [-0.4, -0.2) is 4.21 Å². The third-order valence-corrected chi connectivity index (χ3v) is 8.84. The average Bonchev–Trinajstić information content (AvgIpc) is 3.89. The Bertz CT molecular complexity index is 1790. The van der Waals surface area contributed by atoms with Crippen LogP contribution in [-0.2, 0) is 41.5 Å². The van der Waals surface area contributed by atoms with E-state index < -0.39 is 0 Å². The molecule has 0 radical (unpaired) electrons. The summed E-state index contributed by atoms with van der Waals surface area (Å²) >= 11 is 1.30. The molecule has 0 spiro atoms. The van der Waals surface area contributed by atoms with Crippen LogP contribution in [0.1, 0.15) is 63.8 Å². The molecule has 0 saturated carbocycles. The zero-order valence-electron chi connectivity index (χ0n) is 32.5. The minimum atomic E-state index is 0. The van der Waals surface area contributed by atoms with Crippen LogP contribution in [0.15, 0.2) is 182 Å². The second-order valence-electron chi connectivity index (χ2n) is 14.8. The summed E-state index contributed by atoms with van der Waals surface area (Å²) in [5, 5.41) is 0. The van der Waals surface area contributed by atoms with Crippen LogP contribution in [0.25, 0.3) is 33.4 Å². The zero-order chi connectivity index (χ0) is 37.4. The topological polar surface area (TPSA) is 0 Å². The second-order valence-corrected chi connectivity index (χ2v) is 14.8. The summed E-state index contributed by atoms with van der Waals surface area (Å²) in [6.45, 7) is 13.6. The van der Waals surface area contributed by atoms with Crippen molar-refractivity contribution < 1.29 is 49.0 Å². The third-order valence-electron chi connectivity index (χ3n) is 8.84. The largest absolute Gasteiger partial charge is 1.00 e. The SMILES string of the molecule is CC(C)(C)c1c[c-]c2c(c1)-c1cc(C(C)(C)C)ccc1C2.[CH2]=[Zr+2].[Cl-].[Cl-].c1cc[cH-]c1.c1ccc(-c2ccccc2)cc1.c1ccc(-c2ccccc2)cc1. The Hall–Kier alpha value is -4.00. The molecule has 3 heteroatoms. The normalized spacial score (nSPS) is 10.6. The molecular formula is C51H52Cl2Zr-2. The summed E-state index contributed by atoms with van der Waals surface area (Å²) in [5.74, 6) is 0. The van der Waals surface area contributed by atoms with Crippen LogP contribution in [0.2, 0.25) is 0 Å². The van der Waals surface area contributed by atoms with E-state index >= 15 is 0 Å². The van der Waals surface area contributed by atoms with E-state index in [-0.39, 0.29) is 35.6 Å². The number of hydrogen-bond acceptors (Lipinski definition) is 0. The van der Waals surface area contributed by atoms with E-state index in [1.165, 1.54) is 79.9 Å². The van der Waals surface area contributed by atoms with Gasteiger partial charge in [-0.05, 0) is 39.7 Å².